The van der Waals surface area contributed by atoms with Crippen molar-refractivity contribution in [2.75, 3.05) is 38.5 Å². The summed E-state index contributed by atoms with van der Waals surface area (Å²) in [5.41, 5.74) is 4.25. The average molecular weight is 469 g/mol. The summed E-state index contributed by atoms with van der Waals surface area (Å²) in [6.45, 7) is 4.33. The average Bonchev–Trinajstić information content (AvgIpc) is 3.59. The molecule has 2 aromatic rings. The van der Waals surface area contributed by atoms with E-state index in [4.69, 9.17) is 4.74 Å². The Morgan fingerprint density at radius 1 is 1.03 bits per heavy atom. The Balaban J connectivity index is 1.26. The first-order valence-corrected chi connectivity index (χ1v) is 14.2. The van der Waals surface area contributed by atoms with Crippen LogP contribution in [0.3, 0.4) is 0 Å². The lowest BCUT2D eigenvalue weighted by Gasteiger charge is -2.40. The number of sulfonamides is 1. The smallest absolute Gasteiger partial charge is 0.211 e. The second-order valence-electron chi connectivity index (χ2n) is 10.1. The summed E-state index contributed by atoms with van der Waals surface area (Å²) in [4.78, 5) is 2.60. The lowest BCUT2D eigenvalue weighted by molar-refractivity contribution is 0.134. The van der Waals surface area contributed by atoms with E-state index in [-0.39, 0.29) is 5.75 Å². The lowest BCUT2D eigenvalue weighted by atomic mass is 9.72. The number of benzene rings is 2. The van der Waals surface area contributed by atoms with Crippen LogP contribution in [0.15, 0.2) is 48.5 Å². The normalized spacial score (nSPS) is 23.0. The molecule has 1 heterocycles. The van der Waals surface area contributed by atoms with Gasteiger partial charge in [0.15, 0.2) is 0 Å². The largest absolute Gasteiger partial charge is 0.492 e. The first-order valence-electron chi connectivity index (χ1n) is 12.5. The standard InChI is InChI=1S/C27H36N2O3S/c30-33(31,20-22-7-8-22)28-13-16-32-25-12-11-23-9-10-24(19-29-14-4-15-29)26(27(23)18-25)17-21-5-2-1-3-6-21/h1-3,5-6,11-12,18,22,24,26,28H,4,7-10,13-17,19-20H2. The number of aryl methyl sites for hydroxylation is 1. The summed E-state index contributed by atoms with van der Waals surface area (Å²) in [6, 6.07) is 17.3. The molecule has 33 heavy (non-hydrogen) atoms. The molecule has 1 saturated heterocycles. The molecule has 0 radical (unpaired) electrons. The fourth-order valence-electron chi connectivity index (χ4n) is 5.31. The lowest BCUT2D eigenvalue weighted by Crippen LogP contribution is -2.43. The Hall–Kier alpha value is -1.89. The van der Waals surface area contributed by atoms with Crippen molar-refractivity contribution in [3.8, 4) is 5.75 Å². The summed E-state index contributed by atoms with van der Waals surface area (Å²) in [5.74, 6) is 2.60. The number of hydrogen-bond donors (Lipinski definition) is 1. The van der Waals surface area contributed by atoms with E-state index in [1.807, 2.05) is 6.07 Å². The van der Waals surface area contributed by atoms with Gasteiger partial charge in [-0.2, -0.15) is 0 Å². The maximum Gasteiger partial charge on any atom is 0.211 e. The summed E-state index contributed by atoms with van der Waals surface area (Å²) in [6.07, 6.45) is 6.82. The molecule has 2 unspecified atom stereocenters. The van der Waals surface area contributed by atoms with E-state index < -0.39 is 10.0 Å². The Bertz CT molecular complexity index is 1030. The molecule has 0 aromatic heterocycles. The van der Waals surface area contributed by atoms with Gasteiger partial charge in [-0.25, -0.2) is 13.1 Å². The van der Waals surface area contributed by atoms with Gasteiger partial charge in [-0.05, 0) is 98.2 Å². The molecule has 2 aromatic carbocycles. The van der Waals surface area contributed by atoms with E-state index in [1.54, 1.807) is 0 Å². The van der Waals surface area contributed by atoms with Gasteiger partial charge < -0.3 is 9.64 Å². The first-order chi connectivity index (χ1) is 16.1. The van der Waals surface area contributed by atoms with Crippen LogP contribution in [0, 0.1) is 11.8 Å². The SMILES string of the molecule is O=S(=O)(CC1CC1)NCCOc1ccc2c(c1)C(Cc1ccccc1)C(CN1CCC1)CC2. The van der Waals surface area contributed by atoms with Crippen LogP contribution in [0.2, 0.25) is 0 Å². The Morgan fingerprint density at radius 3 is 2.58 bits per heavy atom. The van der Waals surface area contributed by atoms with Gasteiger partial charge in [0.2, 0.25) is 10.0 Å². The van der Waals surface area contributed by atoms with Crippen molar-refractivity contribution in [1.29, 1.82) is 0 Å². The minimum Gasteiger partial charge on any atom is -0.492 e. The number of likely N-dealkylation sites (tertiary alicyclic amines) is 1. The van der Waals surface area contributed by atoms with Gasteiger partial charge in [0, 0.05) is 13.1 Å². The Labute approximate surface area is 198 Å². The summed E-state index contributed by atoms with van der Waals surface area (Å²) >= 11 is 0. The summed E-state index contributed by atoms with van der Waals surface area (Å²) in [7, 11) is -3.18. The second-order valence-corrected chi connectivity index (χ2v) is 11.9. The first kappa shape index (κ1) is 22.9. The fraction of sp³-hybridized carbons (Fsp3) is 0.556. The number of ether oxygens (including phenoxy) is 1. The molecule has 178 valence electrons. The molecule has 5 rings (SSSR count). The van der Waals surface area contributed by atoms with Gasteiger partial charge >= 0.3 is 0 Å². The van der Waals surface area contributed by atoms with Gasteiger partial charge in [0.1, 0.15) is 12.4 Å². The summed E-state index contributed by atoms with van der Waals surface area (Å²) in [5, 5.41) is 0. The van der Waals surface area contributed by atoms with Crippen LogP contribution in [0.5, 0.6) is 5.75 Å². The number of fused-ring (bicyclic) bond motifs is 1. The third-order valence-corrected chi connectivity index (χ3v) is 9.01. The van der Waals surface area contributed by atoms with Crippen molar-refractivity contribution in [2.45, 2.75) is 44.4 Å². The molecule has 0 spiro atoms. The molecule has 1 saturated carbocycles. The highest BCUT2D eigenvalue weighted by Gasteiger charge is 2.32. The molecule has 2 atom stereocenters. The molecular weight excluding hydrogens is 432 g/mol. The molecule has 2 fully saturated rings. The van der Waals surface area contributed by atoms with Crippen LogP contribution in [0.25, 0.3) is 0 Å². The minimum absolute atomic E-state index is 0.255. The third kappa shape index (κ3) is 6.17. The van der Waals surface area contributed by atoms with Crippen LogP contribution in [0.4, 0.5) is 0 Å². The Morgan fingerprint density at radius 2 is 1.85 bits per heavy atom. The Kier molecular flexibility index (Phi) is 7.05. The number of nitrogens with one attached hydrogen (secondary N) is 1. The molecule has 5 nitrogen and oxygen atoms in total. The van der Waals surface area contributed by atoms with Gasteiger partial charge in [-0.15, -0.1) is 0 Å². The van der Waals surface area contributed by atoms with Crippen LogP contribution < -0.4 is 9.46 Å². The van der Waals surface area contributed by atoms with Crippen LogP contribution >= 0.6 is 0 Å². The molecular formula is C27H36N2O3S. The van der Waals surface area contributed by atoms with Crippen LogP contribution in [0.1, 0.15) is 48.3 Å². The molecule has 2 aliphatic carbocycles. The van der Waals surface area contributed by atoms with E-state index in [1.165, 1.54) is 49.2 Å². The van der Waals surface area contributed by atoms with Gasteiger partial charge in [0.05, 0.1) is 5.75 Å². The van der Waals surface area contributed by atoms with E-state index in [2.05, 4.69) is 52.1 Å². The van der Waals surface area contributed by atoms with Crippen molar-refractivity contribution < 1.29 is 13.2 Å². The minimum atomic E-state index is -3.18. The van der Waals surface area contributed by atoms with Crippen molar-refractivity contribution in [3.63, 3.8) is 0 Å². The van der Waals surface area contributed by atoms with Gasteiger partial charge in [-0.1, -0.05) is 36.4 Å². The summed E-state index contributed by atoms with van der Waals surface area (Å²) < 4.78 is 32.9. The molecule has 0 amide bonds. The molecule has 1 aliphatic heterocycles. The van der Waals surface area contributed by atoms with E-state index in [0.717, 1.165) is 31.4 Å². The molecule has 3 aliphatic rings. The van der Waals surface area contributed by atoms with Crippen molar-refractivity contribution in [1.82, 2.24) is 9.62 Å². The van der Waals surface area contributed by atoms with E-state index in [9.17, 15) is 8.42 Å². The van der Waals surface area contributed by atoms with E-state index >= 15 is 0 Å². The van der Waals surface area contributed by atoms with Crippen molar-refractivity contribution >= 4 is 10.0 Å². The zero-order chi connectivity index (χ0) is 22.7. The predicted molar refractivity (Wildman–Crippen MR) is 132 cm³/mol. The van der Waals surface area contributed by atoms with Crippen molar-refractivity contribution in [2.24, 2.45) is 11.8 Å². The van der Waals surface area contributed by atoms with Crippen molar-refractivity contribution in [3.05, 3.63) is 65.2 Å². The molecule has 6 heteroatoms. The molecule has 0 bridgehead atoms. The third-order valence-electron chi connectivity index (χ3n) is 7.45. The number of nitrogens with zero attached hydrogens (tertiary/aromatic N) is 1. The zero-order valence-corrected chi connectivity index (χ0v) is 20.2. The van der Waals surface area contributed by atoms with Crippen LogP contribution in [-0.4, -0.2) is 51.9 Å². The quantitative estimate of drug-likeness (QED) is 0.507. The monoisotopic (exact) mass is 468 g/mol. The highest BCUT2D eigenvalue weighted by atomic mass is 32.2. The van der Waals surface area contributed by atoms with Gasteiger partial charge in [0.25, 0.3) is 0 Å². The fourth-order valence-corrected chi connectivity index (χ4v) is 6.78. The zero-order valence-electron chi connectivity index (χ0n) is 19.4. The molecule has 1 N–H and O–H groups in total. The maximum atomic E-state index is 12.1. The number of hydrogen-bond acceptors (Lipinski definition) is 4. The van der Waals surface area contributed by atoms with Crippen LogP contribution in [-0.2, 0) is 22.9 Å². The predicted octanol–water partition coefficient (Wildman–Crippen LogP) is 3.99. The highest BCUT2D eigenvalue weighted by Crippen LogP contribution is 2.41. The number of rotatable bonds is 11. The maximum absolute atomic E-state index is 12.1. The van der Waals surface area contributed by atoms with Gasteiger partial charge in [-0.3, -0.25) is 0 Å². The highest BCUT2D eigenvalue weighted by molar-refractivity contribution is 7.89. The topological polar surface area (TPSA) is 58.6 Å². The second kappa shape index (κ2) is 10.2. The van der Waals surface area contributed by atoms with E-state index in [0.29, 0.717) is 30.9 Å².